The fourth-order valence-electron chi connectivity index (χ4n) is 4.47. The number of nitrogen functional groups attached to an aromatic ring is 1. The van der Waals surface area contributed by atoms with Gasteiger partial charge in [0.1, 0.15) is 23.7 Å². The van der Waals surface area contributed by atoms with Gasteiger partial charge in [0.25, 0.3) is 7.52 Å². The van der Waals surface area contributed by atoms with Gasteiger partial charge in [0.05, 0.1) is 31.2 Å². The van der Waals surface area contributed by atoms with Crippen molar-refractivity contribution in [3.05, 3.63) is 12.7 Å². The van der Waals surface area contributed by atoms with Crippen LogP contribution in [0.4, 0.5) is 5.82 Å². The third kappa shape index (κ3) is 8.20. The lowest BCUT2D eigenvalue weighted by molar-refractivity contribution is -0.156. The van der Waals surface area contributed by atoms with Crippen molar-refractivity contribution in [3.63, 3.8) is 0 Å². The van der Waals surface area contributed by atoms with E-state index in [2.05, 4.69) is 20.0 Å². The SMILES string of the molecule is CC(C)OC(=O)C(C)OP(=O)(COC(C)Cn1cnc2c(N)ncnc21)NC1(C(=O)OC(C)C)CCCCC1. The Morgan fingerprint density at radius 3 is 2.36 bits per heavy atom. The molecule has 0 radical (unpaired) electrons. The summed E-state index contributed by atoms with van der Waals surface area (Å²) >= 11 is 0. The van der Waals surface area contributed by atoms with Crippen LogP contribution in [0.5, 0.6) is 0 Å². The molecule has 39 heavy (non-hydrogen) atoms. The Balaban J connectivity index is 1.81. The molecule has 1 saturated carbocycles. The minimum atomic E-state index is -3.95. The van der Waals surface area contributed by atoms with Crippen LogP contribution in [0.2, 0.25) is 0 Å². The molecule has 3 N–H and O–H groups in total. The zero-order valence-electron chi connectivity index (χ0n) is 23.6. The van der Waals surface area contributed by atoms with Crippen LogP contribution in [0.3, 0.4) is 0 Å². The number of rotatable bonds is 13. The highest BCUT2D eigenvalue weighted by Crippen LogP contribution is 2.49. The monoisotopic (exact) mass is 568 g/mol. The summed E-state index contributed by atoms with van der Waals surface area (Å²) in [5.74, 6) is -0.888. The van der Waals surface area contributed by atoms with Crippen LogP contribution in [0.25, 0.3) is 11.2 Å². The number of nitrogens with one attached hydrogen (secondary N) is 1. The van der Waals surface area contributed by atoms with E-state index in [0.29, 0.717) is 30.6 Å². The first kappa shape index (κ1) is 30.9. The Kier molecular flexibility index (Phi) is 10.4. The lowest BCUT2D eigenvalue weighted by Crippen LogP contribution is -2.54. The van der Waals surface area contributed by atoms with Crippen LogP contribution >= 0.6 is 7.52 Å². The molecule has 1 fully saturated rings. The molecule has 0 bridgehead atoms. The van der Waals surface area contributed by atoms with Gasteiger partial charge < -0.3 is 29.0 Å². The Morgan fingerprint density at radius 1 is 1.05 bits per heavy atom. The molecule has 3 unspecified atom stereocenters. The van der Waals surface area contributed by atoms with Crippen LogP contribution in [0.15, 0.2) is 12.7 Å². The van der Waals surface area contributed by atoms with Crippen LogP contribution in [0, 0.1) is 0 Å². The van der Waals surface area contributed by atoms with Crippen molar-refractivity contribution in [2.75, 3.05) is 12.1 Å². The molecule has 3 rings (SSSR count). The maximum atomic E-state index is 14.3. The van der Waals surface area contributed by atoms with Gasteiger partial charge in [-0.25, -0.2) is 24.8 Å². The van der Waals surface area contributed by atoms with Gasteiger partial charge in [-0.15, -0.1) is 0 Å². The van der Waals surface area contributed by atoms with Gasteiger partial charge in [-0.3, -0.25) is 9.36 Å². The largest absolute Gasteiger partial charge is 0.462 e. The van der Waals surface area contributed by atoms with Gasteiger partial charge >= 0.3 is 11.9 Å². The zero-order valence-corrected chi connectivity index (χ0v) is 24.5. The molecule has 1 aliphatic carbocycles. The summed E-state index contributed by atoms with van der Waals surface area (Å²) in [5, 5.41) is 3.01. The van der Waals surface area contributed by atoms with Crippen molar-refractivity contribution < 1.29 is 32.9 Å². The van der Waals surface area contributed by atoms with E-state index in [1.165, 1.54) is 13.3 Å². The van der Waals surface area contributed by atoms with E-state index in [4.69, 9.17) is 24.5 Å². The summed E-state index contributed by atoms with van der Waals surface area (Å²) in [7, 11) is -3.95. The minimum absolute atomic E-state index is 0.266. The maximum Gasteiger partial charge on any atom is 0.335 e. The van der Waals surface area contributed by atoms with Crippen molar-refractivity contribution in [2.24, 2.45) is 0 Å². The fraction of sp³-hybridized carbons (Fsp3) is 0.720. The molecule has 13 nitrogen and oxygen atoms in total. The second kappa shape index (κ2) is 13.2. The van der Waals surface area contributed by atoms with E-state index in [0.717, 1.165) is 19.3 Å². The second-order valence-corrected chi connectivity index (χ2v) is 12.6. The van der Waals surface area contributed by atoms with Crippen LogP contribution in [-0.4, -0.2) is 67.8 Å². The van der Waals surface area contributed by atoms with Crippen molar-refractivity contribution in [1.29, 1.82) is 0 Å². The number of fused-ring (bicyclic) bond motifs is 1. The number of ether oxygens (including phenoxy) is 3. The summed E-state index contributed by atoms with van der Waals surface area (Å²) in [4.78, 5) is 38.2. The number of aromatic nitrogens is 4. The van der Waals surface area contributed by atoms with Crippen molar-refractivity contribution >= 4 is 36.4 Å². The van der Waals surface area contributed by atoms with E-state index in [-0.39, 0.29) is 18.0 Å². The molecule has 0 spiro atoms. The summed E-state index contributed by atoms with van der Waals surface area (Å²) < 4.78 is 38.7. The number of carbonyl (C=O) groups excluding carboxylic acids is 2. The number of anilines is 1. The normalized spacial score (nSPS) is 18.6. The Bertz CT molecular complexity index is 1180. The predicted octanol–water partition coefficient (Wildman–Crippen LogP) is 3.57. The Morgan fingerprint density at radius 2 is 1.72 bits per heavy atom. The predicted molar refractivity (Wildman–Crippen MR) is 145 cm³/mol. The molecule has 218 valence electrons. The molecule has 14 heteroatoms. The fourth-order valence-corrected chi connectivity index (χ4v) is 6.67. The van der Waals surface area contributed by atoms with E-state index in [1.54, 1.807) is 45.5 Å². The lowest BCUT2D eigenvalue weighted by atomic mass is 9.82. The third-order valence-electron chi connectivity index (χ3n) is 6.25. The summed E-state index contributed by atoms with van der Waals surface area (Å²) in [6, 6.07) is 0. The number of carbonyl (C=O) groups is 2. The molecule has 0 aliphatic heterocycles. The number of hydrogen-bond donors (Lipinski definition) is 2. The molecular weight excluding hydrogens is 527 g/mol. The van der Waals surface area contributed by atoms with Gasteiger partial charge in [-0.05, 0) is 54.4 Å². The highest BCUT2D eigenvalue weighted by Gasteiger charge is 2.47. The zero-order chi connectivity index (χ0) is 28.8. The van der Waals surface area contributed by atoms with Gasteiger partial charge in [-0.2, -0.15) is 0 Å². The molecule has 0 saturated heterocycles. The second-order valence-electron chi connectivity index (χ2n) is 10.5. The molecule has 0 aromatic carbocycles. The Hall–Kier alpha value is -2.60. The van der Waals surface area contributed by atoms with Crippen LogP contribution < -0.4 is 10.8 Å². The first-order valence-electron chi connectivity index (χ1n) is 13.4. The van der Waals surface area contributed by atoms with Gasteiger partial charge in [0, 0.05) is 0 Å². The molecule has 1 aliphatic rings. The Labute approximate surface area is 229 Å². The van der Waals surface area contributed by atoms with E-state index >= 15 is 0 Å². The number of hydrogen-bond acceptors (Lipinski definition) is 11. The molecule has 2 aromatic heterocycles. The van der Waals surface area contributed by atoms with Crippen LogP contribution in [-0.2, 0) is 39.4 Å². The first-order chi connectivity index (χ1) is 18.3. The molecular formula is C25H41N6O7P. The number of imidazole rings is 1. The average Bonchev–Trinajstić information content (AvgIpc) is 3.26. The molecule has 0 amide bonds. The van der Waals surface area contributed by atoms with Crippen molar-refractivity contribution in [2.45, 2.75) is 110 Å². The standard InChI is InChI=1S/C25H41N6O7P/c1-16(2)36-23(32)19(6)38-39(34,30-25(10-8-7-9-11-25)24(33)37-17(3)4)15-35-18(5)12-31-14-29-20-21(26)27-13-28-22(20)31/h13-14,16-19H,7-12,15H2,1-6H3,(H,30,34)(H2,26,27,28). The van der Waals surface area contributed by atoms with Crippen molar-refractivity contribution in [1.82, 2.24) is 24.6 Å². The summed E-state index contributed by atoms with van der Waals surface area (Å²) in [5.41, 5.74) is 5.67. The van der Waals surface area contributed by atoms with Crippen molar-refractivity contribution in [3.8, 4) is 0 Å². The van der Waals surface area contributed by atoms with E-state index in [9.17, 15) is 14.2 Å². The molecule has 2 heterocycles. The third-order valence-corrected chi connectivity index (χ3v) is 8.16. The highest BCUT2D eigenvalue weighted by atomic mass is 31.2. The first-order valence-corrected chi connectivity index (χ1v) is 15.2. The minimum Gasteiger partial charge on any atom is -0.462 e. The topological polar surface area (TPSA) is 170 Å². The van der Waals surface area contributed by atoms with Gasteiger partial charge in [-0.1, -0.05) is 19.3 Å². The van der Waals surface area contributed by atoms with Gasteiger partial charge in [0.2, 0.25) is 0 Å². The number of nitrogens with two attached hydrogens (primary N) is 1. The number of esters is 2. The molecule has 3 atom stereocenters. The van der Waals surface area contributed by atoms with E-state index < -0.39 is 43.6 Å². The van der Waals surface area contributed by atoms with Crippen LogP contribution in [0.1, 0.15) is 73.6 Å². The average molecular weight is 569 g/mol. The maximum absolute atomic E-state index is 14.3. The van der Waals surface area contributed by atoms with Gasteiger partial charge in [0.15, 0.2) is 17.6 Å². The summed E-state index contributed by atoms with van der Waals surface area (Å²) in [6.45, 7) is 10.5. The lowest BCUT2D eigenvalue weighted by Gasteiger charge is -2.39. The summed E-state index contributed by atoms with van der Waals surface area (Å²) in [6.07, 6.45) is 3.47. The van der Waals surface area contributed by atoms with E-state index in [1.807, 2.05) is 0 Å². The quantitative estimate of drug-likeness (QED) is 0.266. The highest BCUT2D eigenvalue weighted by molar-refractivity contribution is 7.56. The number of nitrogens with zero attached hydrogens (tertiary/aromatic N) is 4. The molecule has 2 aromatic rings. The smallest absolute Gasteiger partial charge is 0.335 e.